The second kappa shape index (κ2) is 6.97. The Hall–Kier alpha value is -2.40. The molecule has 1 saturated carbocycles. The third-order valence-corrected chi connectivity index (χ3v) is 6.00. The average Bonchev–Trinajstić information content (AvgIpc) is 3.32. The SMILES string of the molecule is CC(C)(O)C1CCC(NC(=O)c2cc(-n3ccnc3)cc3c2CC=C3)CC1. The lowest BCUT2D eigenvalue weighted by Crippen LogP contribution is -2.42. The summed E-state index contributed by atoms with van der Waals surface area (Å²) in [6.07, 6.45) is 14.1. The minimum atomic E-state index is -0.638. The highest BCUT2D eigenvalue weighted by molar-refractivity contribution is 5.98. The maximum absolute atomic E-state index is 13.1. The van der Waals surface area contributed by atoms with Gasteiger partial charge in [0.05, 0.1) is 11.9 Å². The molecular formula is C22H27N3O2. The Balaban J connectivity index is 1.51. The molecule has 27 heavy (non-hydrogen) atoms. The van der Waals surface area contributed by atoms with Gasteiger partial charge < -0.3 is 15.0 Å². The van der Waals surface area contributed by atoms with Crippen molar-refractivity contribution in [3.8, 4) is 5.69 Å². The zero-order valence-corrected chi connectivity index (χ0v) is 16.0. The number of hydrogen-bond donors (Lipinski definition) is 2. The highest BCUT2D eigenvalue weighted by Gasteiger charge is 2.32. The number of carbonyl (C=O) groups is 1. The van der Waals surface area contributed by atoms with Crippen molar-refractivity contribution >= 4 is 12.0 Å². The van der Waals surface area contributed by atoms with Crippen molar-refractivity contribution < 1.29 is 9.90 Å². The maximum Gasteiger partial charge on any atom is 0.251 e. The molecule has 2 aliphatic carbocycles. The zero-order valence-electron chi connectivity index (χ0n) is 16.0. The van der Waals surface area contributed by atoms with Gasteiger partial charge >= 0.3 is 0 Å². The van der Waals surface area contributed by atoms with Crippen molar-refractivity contribution in [2.75, 3.05) is 0 Å². The van der Waals surface area contributed by atoms with Crippen molar-refractivity contribution in [3.63, 3.8) is 0 Å². The average molecular weight is 365 g/mol. The molecule has 1 amide bonds. The number of fused-ring (bicyclic) bond motifs is 1. The van der Waals surface area contributed by atoms with E-state index in [1.807, 2.05) is 30.7 Å². The van der Waals surface area contributed by atoms with E-state index in [0.717, 1.165) is 54.5 Å². The van der Waals surface area contributed by atoms with Gasteiger partial charge in [-0.2, -0.15) is 0 Å². The predicted molar refractivity (Wildman–Crippen MR) is 106 cm³/mol. The maximum atomic E-state index is 13.1. The van der Waals surface area contributed by atoms with E-state index in [4.69, 9.17) is 0 Å². The Labute approximate surface area is 160 Å². The van der Waals surface area contributed by atoms with Crippen molar-refractivity contribution in [1.29, 1.82) is 0 Å². The minimum absolute atomic E-state index is 0.00336. The van der Waals surface area contributed by atoms with Gasteiger partial charge in [-0.05, 0) is 75.1 Å². The summed E-state index contributed by atoms with van der Waals surface area (Å²) in [5.41, 5.74) is 3.28. The first-order valence-corrected chi connectivity index (χ1v) is 9.77. The highest BCUT2D eigenvalue weighted by atomic mass is 16.3. The summed E-state index contributed by atoms with van der Waals surface area (Å²) in [5.74, 6) is 0.312. The summed E-state index contributed by atoms with van der Waals surface area (Å²) in [4.78, 5) is 17.2. The van der Waals surface area contributed by atoms with Crippen LogP contribution in [0.25, 0.3) is 11.8 Å². The quantitative estimate of drug-likeness (QED) is 0.871. The Morgan fingerprint density at radius 3 is 2.70 bits per heavy atom. The van der Waals surface area contributed by atoms with Crippen LogP contribution in [-0.2, 0) is 6.42 Å². The first-order valence-electron chi connectivity index (χ1n) is 9.77. The molecule has 5 heteroatoms. The van der Waals surface area contributed by atoms with Gasteiger partial charge in [-0.1, -0.05) is 12.2 Å². The van der Waals surface area contributed by atoms with E-state index in [2.05, 4.69) is 28.5 Å². The Bertz CT molecular complexity index is 854. The molecule has 2 N–H and O–H groups in total. The molecule has 1 aromatic carbocycles. The summed E-state index contributed by atoms with van der Waals surface area (Å²) >= 11 is 0. The monoisotopic (exact) mass is 365 g/mol. The van der Waals surface area contributed by atoms with Gasteiger partial charge in [-0.15, -0.1) is 0 Å². The molecule has 0 unspecified atom stereocenters. The Morgan fingerprint density at radius 1 is 1.26 bits per heavy atom. The molecule has 1 aromatic heterocycles. The number of allylic oxidation sites excluding steroid dienone is 1. The molecule has 0 saturated heterocycles. The molecule has 0 radical (unpaired) electrons. The minimum Gasteiger partial charge on any atom is -0.390 e. The summed E-state index contributed by atoms with van der Waals surface area (Å²) in [6.45, 7) is 3.77. The van der Waals surface area contributed by atoms with E-state index in [1.165, 1.54) is 0 Å². The van der Waals surface area contributed by atoms with Crippen LogP contribution in [0.15, 0.2) is 36.9 Å². The van der Waals surface area contributed by atoms with Crippen LogP contribution in [0.2, 0.25) is 0 Å². The van der Waals surface area contributed by atoms with Gasteiger partial charge in [0.15, 0.2) is 0 Å². The predicted octanol–water partition coefficient (Wildman–Crippen LogP) is 3.50. The fourth-order valence-electron chi connectivity index (χ4n) is 4.33. The molecule has 5 nitrogen and oxygen atoms in total. The van der Waals surface area contributed by atoms with Crippen molar-refractivity contribution in [3.05, 3.63) is 53.6 Å². The van der Waals surface area contributed by atoms with E-state index in [9.17, 15) is 9.90 Å². The lowest BCUT2D eigenvalue weighted by molar-refractivity contribution is -0.00257. The van der Waals surface area contributed by atoms with Gasteiger partial charge in [0, 0.05) is 29.7 Å². The first-order chi connectivity index (χ1) is 12.9. The number of aliphatic hydroxyl groups is 1. The second-order valence-electron chi connectivity index (χ2n) is 8.31. The van der Waals surface area contributed by atoms with E-state index < -0.39 is 5.60 Å². The van der Waals surface area contributed by atoms with Gasteiger partial charge in [0.2, 0.25) is 0 Å². The first kappa shape index (κ1) is 18.0. The molecule has 4 rings (SSSR count). The molecule has 142 valence electrons. The highest BCUT2D eigenvalue weighted by Crippen LogP contribution is 2.33. The molecule has 1 heterocycles. The molecular weight excluding hydrogens is 338 g/mol. The summed E-state index contributed by atoms with van der Waals surface area (Å²) < 4.78 is 1.93. The number of hydrogen-bond acceptors (Lipinski definition) is 3. The van der Waals surface area contributed by atoms with Gasteiger partial charge in [0.1, 0.15) is 0 Å². The number of benzene rings is 1. The summed E-state index contributed by atoms with van der Waals surface area (Å²) in [5, 5.41) is 13.4. The number of imidazole rings is 1. The topological polar surface area (TPSA) is 67.2 Å². The van der Waals surface area contributed by atoms with Crippen LogP contribution >= 0.6 is 0 Å². The molecule has 0 bridgehead atoms. The molecule has 2 aliphatic rings. The Kier molecular flexibility index (Phi) is 4.64. The fraction of sp³-hybridized carbons (Fsp3) is 0.455. The number of aromatic nitrogens is 2. The van der Waals surface area contributed by atoms with E-state index in [0.29, 0.717) is 5.92 Å². The van der Waals surface area contributed by atoms with Crippen LogP contribution in [0.1, 0.15) is 61.0 Å². The number of nitrogens with one attached hydrogen (secondary N) is 1. The second-order valence-corrected chi connectivity index (χ2v) is 8.31. The fourth-order valence-corrected chi connectivity index (χ4v) is 4.33. The van der Waals surface area contributed by atoms with Crippen LogP contribution < -0.4 is 5.32 Å². The lowest BCUT2D eigenvalue weighted by Gasteiger charge is -2.36. The van der Waals surface area contributed by atoms with Crippen molar-refractivity contribution in [2.24, 2.45) is 5.92 Å². The van der Waals surface area contributed by atoms with Crippen LogP contribution in [-0.4, -0.2) is 32.2 Å². The number of amides is 1. The largest absolute Gasteiger partial charge is 0.390 e. The van der Waals surface area contributed by atoms with Crippen LogP contribution in [0.5, 0.6) is 0 Å². The Morgan fingerprint density at radius 2 is 2.04 bits per heavy atom. The number of carbonyl (C=O) groups excluding carboxylic acids is 1. The normalized spacial score (nSPS) is 21.9. The molecule has 2 aromatic rings. The molecule has 0 atom stereocenters. The molecule has 0 aliphatic heterocycles. The number of nitrogens with zero attached hydrogens (tertiary/aromatic N) is 2. The van der Waals surface area contributed by atoms with E-state index in [-0.39, 0.29) is 11.9 Å². The lowest BCUT2D eigenvalue weighted by atomic mass is 9.77. The van der Waals surface area contributed by atoms with Crippen LogP contribution in [0, 0.1) is 5.92 Å². The van der Waals surface area contributed by atoms with Crippen LogP contribution in [0.4, 0.5) is 0 Å². The summed E-state index contributed by atoms with van der Waals surface area (Å²) in [7, 11) is 0. The third-order valence-electron chi connectivity index (χ3n) is 6.00. The van der Waals surface area contributed by atoms with Crippen LogP contribution in [0.3, 0.4) is 0 Å². The summed E-state index contributed by atoms with van der Waals surface area (Å²) in [6, 6.07) is 4.25. The zero-order chi connectivity index (χ0) is 19.0. The molecule has 1 fully saturated rings. The third kappa shape index (κ3) is 3.69. The van der Waals surface area contributed by atoms with Crippen molar-refractivity contribution in [1.82, 2.24) is 14.9 Å². The van der Waals surface area contributed by atoms with Gasteiger partial charge in [-0.25, -0.2) is 4.98 Å². The molecule has 0 spiro atoms. The van der Waals surface area contributed by atoms with Gasteiger partial charge in [0.25, 0.3) is 5.91 Å². The standard InChI is InChI=1S/C22H27N3O2/c1-22(2,27)16-6-8-17(9-7-16)24-21(26)20-13-18(25-11-10-23-14-25)12-15-4-3-5-19(15)20/h3-4,10-14,16-17,27H,5-9H2,1-2H3,(H,24,26). The van der Waals surface area contributed by atoms with Crippen molar-refractivity contribution in [2.45, 2.75) is 57.6 Å². The number of rotatable bonds is 4. The van der Waals surface area contributed by atoms with E-state index in [1.54, 1.807) is 12.5 Å². The van der Waals surface area contributed by atoms with E-state index >= 15 is 0 Å². The van der Waals surface area contributed by atoms with Gasteiger partial charge in [-0.3, -0.25) is 4.79 Å². The smallest absolute Gasteiger partial charge is 0.251 e.